The van der Waals surface area contributed by atoms with E-state index in [9.17, 15) is 4.79 Å². The second kappa shape index (κ2) is 8.07. The molecular formula is C19H25N5O. The van der Waals surface area contributed by atoms with Crippen molar-refractivity contribution in [2.45, 2.75) is 13.0 Å². The Kier molecular flexibility index (Phi) is 5.60. The molecule has 0 unspecified atom stereocenters. The highest BCUT2D eigenvalue weighted by molar-refractivity contribution is 5.78. The molecule has 0 saturated carbocycles. The molecule has 3 rings (SSSR count). The smallest absolute Gasteiger partial charge is 0.236 e. The van der Waals surface area contributed by atoms with Crippen LogP contribution in [0.25, 0.3) is 0 Å². The second-order valence-corrected chi connectivity index (χ2v) is 6.40. The molecular weight excluding hydrogens is 314 g/mol. The molecule has 1 saturated heterocycles. The monoisotopic (exact) mass is 339 g/mol. The van der Waals surface area contributed by atoms with Crippen LogP contribution in [-0.2, 0) is 4.79 Å². The molecule has 2 aromatic rings. The molecule has 25 heavy (non-hydrogen) atoms. The molecule has 0 radical (unpaired) electrons. The summed E-state index contributed by atoms with van der Waals surface area (Å²) in [4.78, 5) is 27.4. The van der Waals surface area contributed by atoms with E-state index in [0.717, 1.165) is 37.7 Å². The topological polar surface area (TPSA) is 52.6 Å². The number of carbonyl (C=O) groups excluding carboxylic acids is 1. The zero-order valence-electron chi connectivity index (χ0n) is 14.9. The van der Waals surface area contributed by atoms with Crippen molar-refractivity contribution < 1.29 is 4.79 Å². The molecule has 1 amide bonds. The van der Waals surface area contributed by atoms with Gasteiger partial charge < -0.3 is 9.80 Å². The molecule has 0 aliphatic carbocycles. The first-order chi connectivity index (χ1) is 12.1. The number of rotatable bonds is 5. The average Bonchev–Trinajstić information content (AvgIpc) is 2.68. The number of piperazine rings is 1. The summed E-state index contributed by atoms with van der Waals surface area (Å²) in [5.74, 6) is 0.920. The number of aromatic nitrogens is 2. The van der Waals surface area contributed by atoms with E-state index in [4.69, 9.17) is 0 Å². The summed E-state index contributed by atoms with van der Waals surface area (Å²) >= 11 is 0. The molecule has 1 atom stereocenters. The van der Waals surface area contributed by atoms with Crippen LogP contribution in [0.1, 0.15) is 18.5 Å². The van der Waals surface area contributed by atoms with Crippen molar-refractivity contribution in [1.29, 1.82) is 0 Å². The summed E-state index contributed by atoms with van der Waals surface area (Å²) in [6, 6.07) is 12.0. The fourth-order valence-corrected chi connectivity index (χ4v) is 3.03. The van der Waals surface area contributed by atoms with Crippen LogP contribution in [0.5, 0.6) is 0 Å². The van der Waals surface area contributed by atoms with Crippen molar-refractivity contribution in [1.82, 2.24) is 19.8 Å². The third-order valence-electron chi connectivity index (χ3n) is 4.82. The van der Waals surface area contributed by atoms with E-state index in [1.807, 2.05) is 36.2 Å². The Labute approximate surface area is 149 Å². The molecule has 1 aliphatic heterocycles. The number of nitrogens with zero attached hydrogens (tertiary/aromatic N) is 5. The highest BCUT2D eigenvalue weighted by Gasteiger charge is 2.23. The summed E-state index contributed by atoms with van der Waals surface area (Å²) < 4.78 is 0. The molecule has 0 spiro atoms. The van der Waals surface area contributed by atoms with Gasteiger partial charge in [0.25, 0.3) is 0 Å². The van der Waals surface area contributed by atoms with Gasteiger partial charge in [-0.25, -0.2) is 9.97 Å². The third-order valence-corrected chi connectivity index (χ3v) is 4.82. The Bertz CT molecular complexity index is 671. The maximum Gasteiger partial charge on any atom is 0.236 e. The lowest BCUT2D eigenvalue weighted by atomic mass is 10.1. The molecule has 1 aliphatic rings. The molecule has 0 bridgehead atoms. The molecule has 6 nitrogen and oxygen atoms in total. The van der Waals surface area contributed by atoms with Crippen molar-refractivity contribution in [3.8, 4) is 0 Å². The van der Waals surface area contributed by atoms with Crippen LogP contribution in [0.4, 0.5) is 5.95 Å². The van der Waals surface area contributed by atoms with Crippen LogP contribution in [-0.4, -0.2) is 65.4 Å². The fraction of sp³-hybridized carbons (Fsp3) is 0.421. The largest absolute Gasteiger partial charge is 0.338 e. The van der Waals surface area contributed by atoms with Gasteiger partial charge in [0, 0.05) is 45.6 Å². The van der Waals surface area contributed by atoms with Gasteiger partial charge in [0.15, 0.2) is 0 Å². The van der Waals surface area contributed by atoms with Crippen molar-refractivity contribution in [3.05, 3.63) is 54.4 Å². The van der Waals surface area contributed by atoms with Gasteiger partial charge in [-0.1, -0.05) is 30.3 Å². The minimum Gasteiger partial charge on any atom is -0.338 e. The lowest BCUT2D eigenvalue weighted by Gasteiger charge is -2.35. The molecule has 132 valence electrons. The van der Waals surface area contributed by atoms with Crippen molar-refractivity contribution in [3.63, 3.8) is 0 Å². The molecule has 6 heteroatoms. The zero-order valence-corrected chi connectivity index (χ0v) is 14.9. The van der Waals surface area contributed by atoms with Crippen LogP contribution in [0.3, 0.4) is 0 Å². The van der Waals surface area contributed by atoms with Crippen LogP contribution < -0.4 is 4.90 Å². The number of benzene rings is 1. The van der Waals surface area contributed by atoms with Gasteiger partial charge in [0.05, 0.1) is 12.6 Å². The summed E-state index contributed by atoms with van der Waals surface area (Å²) in [6.45, 7) is 5.90. The Morgan fingerprint density at radius 1 is 1.08 bits per heavy atom. The minimum absolute atomic E-state index is 0.0766. The normalized spacial score (nSPS) is 16.5. The number of hydrogen-bond donors (Lipinski definition) is 0. The fourth-order valence-electron chi connectivity index (χ4n) is 3.03. The Morgan fingerprint density at radius 3 is 2.36 bits per heavy atom. The van der Waals surface area contributed by atoms with Crippen molar-refractivity contribution in [2.75, 3.05) is 44.7 Å². The van der Waals surface area contributed by atoms with Crippen LogP contribution in [0.15, 0.2) is 48.8 Å². The lowest BCUT2D eigenvalue weighted by Crippen LogP contribution is -2.50. The molecule has 2 heterocycles. The van der Waals surface area contributed by atoms with E-state index < -0.39 is 0 Å². The lowest BCUT2D eigenvalue weighted by molar-refractivity contribution is -0.133. The standard InChI is InChI=1S/C19H25N5O/c1-16(17-7-4-3-5-8-17)22(2)18(25)15-23-11-13-24(14-12-23)19-20-9-6-10-21-19/h3-10,16H,11-15H2,1-2H3/t16-/m1/s1. The molecule has 1 fully saturated rings. The van der Waals surface area contributed by atoms with E-state index in [1.165, 1.54) is 0 Å². The summed E-state index contributed by atoms with van der Waals surface area (Å²) in [5.41, 5.74) is 1.16. The van der Waals surface area contributed by atoms with Gasteiger partial charge >= 0.3 is 0 Å². The number of amides is 1. The predicted octanol–water partition coefficient (Wildman–Crippen LogP) is 1.82. The van der Waals surface area contributed by atoms with Crippen LogP contribution >= 0.6 is 0 Å². The first-order valence-electron chi connectivity index (χ1n) is 8.70. The number of hydrogen-bond acceptors (Lipinski definition) is 5. The minimum atomic E-state index is 0.0766. The van der Waals surface area contributed by atoms with Gasteiger partial charge in [0.2, 0.25) is 11.9 Å². The summed E-state index contributed by atoms with van der Waals surface area (Å²) in [5, 5.41) is 0. The van der Waals surface area contributed by atoms with Crippen LogP contribution in [0.2, 0.25) is 0 Å². The van der Waals surface area contributed by atoms with E-state index in [1.54, 1.807) is 12.4 Å². The quantitative estimate of drug-likeness (QED) is 0.832. The van der Waals surface area contributed by atoms with Gasteiger partial charge in [-0.05, 0) is 18.6 Å². The summed E-state index contributed by atoms with van der Waals surface area (Å²) in [6.07, 6.45) is 3.52. The number of anilines is 1. The highest BCUT2D eigenvalue weighted by atomic mass is 16.2. The predicted molar refractivity (Wildman–Crippen MR) is 98.3 cm³/mol. The molecule has 1 aromatic heterocycles. The first-order valence-corrected chi connectivity index (χ1v) is 8.70. The van der Waals surface area contributed by atoms with Crippen molar-refractivity contribution in [2.24, 2.45) is 0 Å². The Balaban J connectivity index is 1.50. The first kappa shape index (κ1) is 17.4. The maximum absolute atomic E-state index is 12.6. The number of likely N-dealkylation sites (N-methyl/N-ethyl adjacent to an activating group) is 1. The summed E-state index contributed by atoms with van der Waals surface area (Å²) in [7, 11) is 1.88. The third kappa shape index (κ3) is 4.33. The van der Waals surface area contributed by atoms with Gasteiger partial charge in [0.1, 0.15) is 0 Å². The zero-order chi connectivity index (χ0) is 17.6. The van der Waals surface area contributed by atoms with Gasteiger partial charge in [-0.3, -0.25) is 9.69 Å². The highest BCUT2D eigenvalue weighted by Crippen LogP contribution is 2.18. The van der Waals surface area contributed by atoms with E-state index in [2.05, 4.69) is 38.8 Å². The van der Waals surface area contributed by atoms with Gasteiger partial charge in [-0.2, -0.15) is 0 Å². The second-order valence-electron chi connectivity index (χ2n) is 6.40. The van der Waals surface area contributed by atoms with E-state index >= 15 is 0 Å². The molecule has 1 aromatic carbocycles. The Morgan fingerprint density at radius 2 is 1.72 bits per heavy atom. The van der Waals surface area contributed by atoms with Crippen LogP contribution in [0, 0.1) is 0 Å². The van der Waals surface area contributed by atoms with Gasteiger partial charge in [-0.15, -0.1) is 0 Å². The molecule has 0 N–H and O–H groups in total. The number of carbonyl (C=O) groups is 1. The average molecular weight is 339 g/mol. The Hall–Kier alpha value is -2.47. The SMILES string of the molecule is C[C@H](c1ccccc1)N(C)C(=O)CN1CCN(c2ncccn2)CC1. The maximum atomic E-state index is 12.6. The van der Waals surface area contributed by atoms with E-state index in [-0.39, 0.29) is 11.9 Å². The van der Waals surface area contributed by atoms with Crippen molar-refractivity contribution >= 4 is 11.9 Å². The van der Waals surface area contributed by atoms with E-state index in [0.29, 0.717) is 6.54 Å².